The lowest BCUT2D eigenvalue weighted by molar-refractivity contribution is -0.140. The van der Waals surface area contributed by atoms with E-state index in [0.717, 1.165) is 0 Å². The van der Waals surface area contributed by atoms with Crippen molar-refractivity contribution in [1.82, 2.24) is 10.2 Å². The summed E-state index contributed by atoms with van der Waals surface area (Å²) < 4.78 is 5.12. The number of carboxylic acid groups (broad SMARTS) is 2. The molecule has 8 nitrogen and oxygen atoms in total. The van der Waals surface area contributed by atoms with E-state index in [4.69, 9.17) is 14.6 Å². The van der Waals surface area contributed by atoms with Gasteiger partial charge in [-0.25, -0.2) is 4.79 Å². The smallest absolute Gasteiger partial charge is 0.323 e. The predicted octanol–water partition coefficient (Wildman–Crippen LogP) is 0.391. The molecule has 2 amide bonds. The van der Waals surface area contributed by atoms with E-state index < -0.39 is 31.1 Å². The molecule has 0 bridgehead atoms. The SMILES string of the molecule is CC(Cc1ccco1)NC(=O)N(CC(=O)O)CC(=O)O. The molecule has 1 aromatic heterocycles. The van der Waals surface area contributed by atoms with Gasteiger partial charge in [-0.1, -0.05) is 0 Å². The van der Waals surface area contributed by atoms with Crippen LogP contribution in [0.4, 0.5) is 4.79 Å². The average molecular weight is 284 g/mol. The molecule has 0 aromatic carbocycles. The van der Waals surface area contributed by atoms with Crippen molar-refractivity contribution >= 4 is 18.0 Å². The summed E-state index contributed by atoms with van der Waals surface area (Å²) in [6.45, 7) is 0.358. The van der Waals surface area contributed by atoms with E-state index in [0.29, 0.717) is 17.1 Å². The van der Waals surface area contributed by atoms with Gasteiger partial charge < -0.3 is 24.8 Å². The summed E-state index contributed by atoms with van der Waals surface area (Å²) in [5.41, 5.74) is 0. The van der Waals surface area contributed by atoms with Crippen LogP contribution in [0.5, 0.6) is 0 Å². The summed E-state index contributed by atoms with van der Waals surface area (Å²) in [6, 6.07) is 2.40. The number of hydrogen-bond acceptors (Lipinski definition) is 4. The zero-order valence-corrected chi connectivity index (χ0v) is 10.9. The summed E-state index contributed by atoms with van der Waals surface area (Å²) in [5, 5.41) is 19.8. The van der Waals surface area contributed by atoms with Crippen LogP contribution >= 0.6 is 0 Å². The lowest BCUT2D eigenvalue weighted by Gasteiger charge is -2.21. The second kappa shape index (κ2) is 7.17. The number of carboxylic acids is 2. The van der Waals surface area contributed by atoms with Gasteiger partial charge in [0.05, 0.1) is 6.26 Å². The molecule has 0 radical (unpaired) electrons. The molecule has 0 spiro atoms. The Morgan fingerprint density at radius 2 is 1.90 bits per heavy atom. The van der Waals surface area contributed by atoms with Gasteiger partial charge in [-0.2, -0.15) is 0 Å². The highest BCUT2D eigenvalue weighted by atomic mass is 16.4. The molecule has 0 saturated carbocycles. The standard InChI is InChI=1S/C12H16N2O6/c1-8(5-9-3-2-4-20-9)13-12(19)14(6-10(15)16)7-11(17)18/h2-4,8H,5-7H2,1H3,(H,13,19)(H,15,16)(H,17,18). The number of aliphatic carboxylic acids is 2. The molecule has 1 rings (SSSR count). The summed E-state index contributed by atoms with van der Waals surface area (Å²) in [6.07, 6.45) is 1.93. The normalized spacial score (nSPS) is 11.7. The molecule has 0 aliphatic heterocycles. The van der Waals surface area contributed by atoms with Crippen LogP contribution < -0.4 is 5.32 Å². The van der Waals surface area contributed by atoms with E-state index in [1.54, 1.807) is 19.1 Å². The molecular formula is C12H16N2O6. The van der Waals surface area contributed by atoms with Gasteiger partial charge in [0.25, 0.3) is 0 Å². The molecule has 1 atom stereocenters. The van der Waals surface area contributed by atoms with Crippen molar-refractivity contribution in [1.29, 1.82) is 0 Å². The second-order valence-electron chi connectivity index (χ2n) is 4.28. The zero-order chi connectivity index (χ0) is 15.1. The first-order valence-electron chi connectivity index (χ1n) is 5.90. The molecule has 0 fully saturated rings. The van der Waals surface area contributed by atoms with E-state index in [9.17, 15) is 14.4 Å². The Kier molecular flexibility index (Phi) is 5.57. The number of hydrogen-bond donors (Lipinski definition) is 3. The van der Waals surface area contributed by atoms with E-state index in [1.165, 1.54) is 6.26 Å². The van der Waals surface area contributed by atoms with Gasteiger partial charge in [0.1, 0.15) is 18.8 Å². The van der Waals surface area contributed by atoms with Gasteiger partial charge in [-0.15, -0.1) is 0 Å². The molecule has 1 unspecified atom stereocenters. The topological polar surface area (TPSA) is 120 Å². The third kappa shape index (κ3) is 5.42. The first kappa shape index (κ1) is 15.5. The molecule has 110 valence electrons. The molecule has 0 saturated heterocycles. The zero-order valence-electron chi connectivity index (χ0n) is 10.9. The average Bonchev–Trinajstić information content (AvgIpc) is 2.79. The number of nitrogens with one attached hydrogen (secondary N) is 1. The van der Waals surface area contributed by atoms with Crippen LogP contribution in [0.1, 0.15) is 12.7 Å². The maximum atomic E-state index is 11.8. The number of carbonyl (C=O) groups is 3. The van der Waals surface area contributed by atoms with Crippen LogP contribution in [-0.2, 0) is 16.0 Å². The molecule has 1 heterocycles. The fraction of sp³-hybridized carbons (Fsp3) is 0.417. The van der Waals surface area contributed by atoms with Gasteiger partial charge in [-0.05, 0) is 19.1 Å². The van der Waals surface area contributed by atoms with Crippen LogP contribution in [0.3, 0.4) is 0 Å². The van der Waals surface area contributed by atoms with Crippen molar-refractivity contribution in [3.63, 3.8) is 0 Å². The van der Waals surface area contributed by atoms with Gasteiger partial charge in [0, 0.05) is 12.5 Å². The molecule has 1 aromatic rings. The highest BCUT2D eigenvalue weighted by molar-refractivity contribution is 5.84. The third-order valence-electron chi connectivity index (χ3n) is 2.40. The van der Waals surface area contributed by atoms with Crippen molar-refractivity contribution in [3.8, 4) is 0 Å². The lowest BCUT2D eigenvalue weighted by Crippen LogP contribution is -2.48. The van der Waals surface area contributed by atoms with Gasteiger partial charge in [0.2, 0.25) is 0 Å². The third-order valence-corrected chi connectivity index (χ3v) is 2.40. The van der Waals surface area contributed by atoms with Crippen molar-refractivity contribution < 1.29 is 29.0 Å². The minimum Gasteiger partial charge on any atom is -0.480 e. The van der Waals surface area contributed by atoms with Crippen molar-refractivity contribution in [2.45, 2.75) is 19.4 Å². The van der Waals surface area contributed by atoms with E-state index >= 15 is 0 Å². The van der Waals surface area contributed by atoms with Crippen molar-refractivity contribution in [2.24, 2.45) is 0 Å². The Morgan fingerprint density at radius 3 is 2.35 bits per heavy atom. The fourth-order valence-corrected chi connectivity index (χ4v) is 1.61. The number of carbonyl (C=O) groups excluding carboxylic acids is 1. The van der Waals surface area contributed by atoms with Gasteiger partial charge in [-0.3, -0.25) is 9.59 Å². The van der Waals surface area contributed by atoms with Crippen molar-refractivity contribution in [3.05, 3.63) is 24.2 Å². The number of urea groups is 1. The Morgan fingerprint density at radius 1 is 1.30 bits per heavy atom. The molecule has 3 N–H and O–H groups in total. The number of nitrogens with zero attached hydrogens (tertiary/aromatic N) is 1. The molecule has 20 heavy (non-hydrogen) atoms. The Hall–Kier alpha value is -2.51. The predicted molar refractivity (Wildman–Crippen MR) is 67.3 cm³/mol. The first-order valence-corrected chi connectivity index (χ1v) is 5.90. The summed E-state index contributed by atoms with van der Waals surface area (Å²) >= 11 is 0. The molecule has 0 aliphatic carbocycles. The van der Waals surface area contributed by atoms with Gasteiger partial charge in [0.15, 0.2) is 0 Å². The molecule has 8 heteroatoms. The number of furan rings is 1. The first-order chi connectivity index (χ1) is 9.38. The van der Waals surface area contributed by atoms with Gasteiger partial charge >= 0.3 is 18.0 Å². The van der Waals surface area contributed by atoms with E-state index in [-0.39, 0.29) is 6.04 Å². The van der Waals surface area contributed by atoms with Crippen LogP contribution in [0.2, 0.25) is 0 Å². The monoisotopic (exact) mass is 284 g/mol. The lowest BCUT2D eigenvalue weighted by atomic mass is 10.2. The minimum atomic E-state index is -1.28. The van der Waals surface area contributed by atoms with E-state index in [1.807, 2.05) is 0 Å². The summed E-state index contributed by atoms with van der Waals surface area (Å²) in [4.78, 5) is 33.7. The number of rotatable bonds is 7. The van der Waals surface area contributed by atoms with Crippen LogP contribution in [0.25, 0.3) is 0 Å². The largest absolute Gasteiger partial charge is 0.480 e. The maximum Gasteiger partial charge on any atom is 0.323 e. The Labute approximate surface area is 115 Å². The second-order valence-corrected chi connectivity index (χ2v) is 4.28. The highest BCUT2D eigenvalue weighted by Crippen LogP contribution is 2.04. The van der Waals surface area contributed by atoms with Crippen LogP contribution in [0.15, 0.2) is 22.8 Å². The Bertz CT molecular complexity index is 454. The minimum absolute atomic E-state index is 0.321. The Balaban J connectivity index is 2.55. The maximum absolute atomic E-state index is 11.8. The van der Waals surface area contributed by atoms with Crippen molar-refractivity contribution in [2.75, 3.05) is 13.1 Å². The van der Waals surface area contributed by atoms with E-state index in [2.05, 4.69) is 5.32 Å². The molecular weight excluding hydrogens is 268 g/mol. The fourth-order valence-electron chi connectivity index (χ4n) is 1.61. The number of amides is 2. The summed E-state index contributed by atoms with van der Waals surface area (Å²) in [5.74, 6) is -1.89. The highest BCUT2D eigenvalue weighted by Gasteiger charge is 2.21. The van der Waals surface area contributed by atoms with Crippen LogP contribution in [0, 0.1) is 0 Å². The summed E-state index contributed by atoms with van der Waals surface area (Å²) in [7, 11) is 0. The molecule has 0 aliphatic rings. The van der Waals surface area contributed by atoms with Crippen LogP contribution in [-0.4, -0.2) is 52.2 Å². The quantitative estimate of drug-likeness (QED) is 0.666.